The molecule has 6 heteroatoms. The summed E-state index contributed by atoms with van der Waals surface area (Å²) in [6.07, 6.45) is 1.48. The Kier molecular flexibility index (Phi) is 6.67. The van der Waals surface area contributed by atoms with Crippen molar-refractivity contribution in [2.75, 3.05) is 59.2 Å². The standard InChI is InChI=1S/C19H30N2O4/c22-10-1-11-25-18-4-2-17(3-5-18)14-21-7-6-19(23,16-21)15-20-8-12-24-13-9-20/h2-5,22-23H,1,6-16H2. The third-order valence-electron chi connectivity index (χ3n) is 4.93. The molecule has 25 heavy (non-hydrogen) atoms. The van der Waals surface area contributed by atoms with Crippen molar-refractivity contribution in [1.82, 2.24) is 9.80 Å². The summed E-state index contributed by atoms with van der Waals surface area (Å²) >= 11 is 0. The Labute approximate surface area is 149 Å². The summed E-state index contributed by atoms with van der Waals surface area (Å²) < 4.78 is 10.9. The van der Waals surface area contributed by atoms with Crippen molar-refractivity contribution >= 4 is 0 Å². The first-order valence-electron chi connectivity index (χ1n) is 9.24. The maximum atomic E-state index is 10.9. The number of benzene rings is 1. The number of ether oxygens (including phenoxy) is 2. The van der Waals surface area contributed by atoms with E-state index in [1.807, 2.05) is 12.1 Å². The van der Waals surface area contributed by atoms with Gasteiger partial charge in [0.25, 0.3) is 0 Å². The van der Waals surface area contributed by atoms with Crippen molar-refractivity contribution in [2.45, 2.75) is 25.0 Å². The summed E-state index contributed by atoms with van der Waals surface area (Å²) in [5.74, 6) is 0.836. The highest BCUT2D eigenvalue weighted by Gasteiger charge is 2.37. The maximum absolute atomic E-state index is 10.9. The monoisotopic (exact) mass is 350 g/mol. The Bertz CT molecular complexity index is 519. The third kappa shape index (κ3) is 5.66. The number of likely N-dealkylation sites (tertiary alicyclic amines) is 1. The van der Waals surface area contributed by atoms with Crippen LogP contribution in [-0.2, 0) is 11.3 Å². The van der Waals surface area contributed by atoms with Gasteiger partial charge in [0.15, 0.2) is 0 Å². The summed E-state index contributed by atoms with van der Waals surface area (Å²) in [4.78, 5) is 4.63. The topological polar surface area (TPSA) is 65.4 Å². The number of β-amino-alcohol motifs (C(OH)–C–C–N with tert-alkyl or cyclic N) is 1. The van der Waals surface area contributed by atoms with Gasteiger partial charge in [-0.2, -0.15) is 0 Å². The minimum absolute atomic E-state index is 0.153. The van der Waals surface area contributed by atoms with Crippen molar-refractivity contribution < 1.29 is 19.7 Å². The number of morpholine rings is 1. The summed E-state index contributed by atoms with van der Waals surface area (Å²) in [6, 6.07) is 8.10. The smallest absolute Gasteiger partial charge is 0.119 e. The zero-order chi connectivity index (χ0) is 17.5. The quantitative estimate of drug-likeness (QED) is 0.674. The van der Waals surface area contributed by atoms with E-state index in [2.05, 4.69) is 21.9 Å². The van der Waals surface area contributed by atoms with E-state index in [0.717, 1.165) is 64.7 Å². The van der Waals surface area contributed by atoms with E-state index in [1.54, 1.807) is 0 Å². The number of rotatable bonds is 8. The SMILES string of the molecule is OCCCOc1ccc(CN2CCC(O)(CN3CCOCC3)C2)cc1. The zero-order valence-electron chi connectivity index (χ0n) is 14.9. The first-order valence-corrected chi connectivity index (χ1v) is 9.24. The molecule has 2 saturated heterocycles. The van der Waals surface area contributed by atoms with Gasteiger partial charge in [-0.05, 0) is 24.1 Å². The van der Waals surface area contributed by atoms with Crippen molar-refractivity contribution in [2.24, 2.45) is 0 Å². The minimum Gasteiger partial charge on any atom is -0.494 e. The molecule has 0 radical (unpaired) electrons. The summed E-state index contributed by atoms with van der Waals surface area (Å²) in [5.41, 5.74) is 0.621. The molecule has 6 nitrogen and oxygen atoms in total. The molecule has 2 aliphatic rings. The van der Waals surface area contributed by atoms with Crippen LogP contribution in [0.15, 0.2) is 24.3 Å². The molecule has 1 aromatic carbocycles. The third-order valence-corrected chi connectivity index (χ3v) is 4.93. The van der Waals surface area contributed by atoms with Gasteiger partial charge in [-0.25, -0.2) is 0 Å². The van der Waals surface area contributed by atoms with Gasteiger partial charge in [0.1, 0.15) is 5.75 Å². The molecule has 0 spiro atoms. The van der Waals surface area contributed by atoms with Crippen LogP contribution in [0.25, 0.3) is 0 Å². The Morgan fingerprint density at radius 3 is 2.56 bits per heavy atom. The largest absolute Gasteiger partial charge is 0.494 e. The Morgan fingerprint density at radius 1 is 1.08 bits per heavy atom. The van der Waals surface area contributed by atoms with Crippen LogP contribution >= 0.6 is 0 Å². The molecule has 2 aliphatic heterocycles. The molecule has 1 unspecified atom stereocenters. The molecular formula is C19H30N2O4. The van der Waals surface area contributed by atoms with Gasteiger partial charge in [0, 0.05) is 52.3 Å². The molecule has 0 saturated carbocycles. The molecule has 2 N–H and O–H groups in total. The number of aliphatic hydroxyl groups excluding tert-OH is 1. The van der Waals surface area contributed by atoms with Crippen molar-refractivity contribution in [1.29, 1.82) is 0 Å². The van der Waals surface area contributed by atoms with Crippen LogP contribution in [0.3, 0.4) is 0 Å². The Balaban J connectivity index is 1.45. The second kappa shape index (κ2) is 8.96. The highest BCUT2D eigenvalue weighted by Crippen LogP contribution is 2.25. The van der Waals surface area contributed by atoms with Gasteiger partial charge < -0.3 is 19.7 Å². The lowest BCUT2D eigenvalue weighted by atomic mass is 10.0. The second-order valence-electron chi connectivity index (χ2n) is 7.14. The van der Waals surface area contributed by atoms with Gasteiger partial charge in [0.2, 0.25) is 0 Å². The van der Waals surface area contributed by atoms with E-state index in [9.17, 15) is 5.11 Å². The Hall–Kier alpha value is -1.18. The lowest BCUT2D eigenvalue weighted by molar-refractivity contribution is -0.0266. The molecular weight excluding hydrogens is 320 g/mol. The van der Waals surface area contributed by atoms with Gasteiger partial charge in [-0.3, -0.25) is 9.80 Å². The maximum Gasteiger partial charge on any atom is 0.119 e. The highest BCUT2D eigenvalue weighted by molar-refractivity contribution is 5.27. The number of aliphatic hydroxyl groups is 2. The van der Waals surface area contributed by atoms with Crippen molar-refractivity contribution in [3.63, 3.8) is 0 Å². The van der Waals surface area contributed by atoms with Crippen LogP contribution in [-0.4, -0.2) is 84.8 Å². The predicted octanol–water partition coefficient (Wildman–Crippen LogP) is 0.717. The molecule has 140 valence electrons. The molecule has 2 heterocycles. The molecule has 2 fully saturated rings. The summed E-state index contributed by atoms with van der Waals surface area (Å²) in [7, 11) is 0. The predicted molar refractivity (Wildman–Crippen MR) is 95.7 cm³/mol. The van der Waals surface area contributed by atoms with Crippen LogP contribution in [0.4, 0.5) is 0 Å². The minimum atomic E-state index is -0.606. The first-order chi connectivity index (χ1) is 12.2. The van der Waals surface area contributed by atoms with Gasteiger partial charge in [-0.15, -0.1) is 0 Å². The summed E-state index contributed by atoms with van der Waals surface area (Å²) in [5, 5.41) is 19.7. The molecule has 3 rings (SSSR count). The van der Waals surface area contributed by atoms with Crippen LogP contribution in [0.5, 0.6) is 5.75 Å². The first kappa shape index (κ1) is 18.6. The number of nitrogens with zero attached hydrogens (tertiary/aromatic N) is 2. The fourth-order valence-electron chi connectivity index (χ4n) is 3.58. The van der Waals surface area contributed by atoms with Crippen molar-refractivity contribution in [3.8, 4) is 5.75 Å². The summed E-state index contributed by atoms with van der Waals surface area (Å²) in [6.45, 7) is 7.30. The number of hydrogen-bond donors (Lipinski definition) is 2. The van der Waals surface area contributed by atoms with E-state index in [1.165, 1.54) is 5.56 Å². The van der Waals surface area contributed by atoms with Crippen LogP contribution in [0, 0.1) is 0 Å². The van der Waals surface area contributed by atoms with E-state index < -0.39 is 5.60 Å². The van der Waals surface area contributed by atoms with Crippen LogP contribution in [0.2, 0.25) is 0 Å². The van der Waals surface area contributed by atoms with E-state index >= 15 is 0 Å². The van der Waals surface area contributed by atoms with Crippen molar-refractivity contribution in [3.05, 3.63) is 29.8 Å². The van der Waals surface area contributed by atoms with Crippen LogP contribution in [0.1, 0.15) is 18.4 Å². The molecule has 1 atom stereocenters. The van der Waals surface area contributed by atoms with Gasteiger partial charge in [0.05, 0.1) is 25.4 Å². The lowest BCUT2D eigenvalue weighted by Gasteiger charge is -2.33. The average Bonchev–Trinajstić information content (AvgIpc) is 2.98. The Morgan fingerprint density at radius 2 is 1.84 bits per heavy atom. The molecule has 0 aromatic heterocycles. The number of hydrogen-bond acceptors (Lipinski definition) is 6. The van der Waals surface area contributed by atoms with Gasteiger partial charge in [-0.1, -0.05) is 12.1 Å². The fourth-order valence-corrected chi connectivity index (χ4v) is 3.58. The highest BCUT2D eigenvalue weighted by atomic mass is 16.5. The van der Waals surface area contributed by atoms with Gasteiger partial charge >= 0.3 is 0 Å². The molecule has 0 amide bonds. The zero-order valence-corrected chi connectivity index (χ0v) is 14.9. The van der Waals surface area contributed by atoms with E-state index in [0.29, 0.717) is 13.0 Å². The fraction of sp³-hybridized carbons (Fsp3) is 0.684. The molecule has 0 bridgehead atoms. The average molecular weight is 350 g/mol. The molecule has 1 aromatic rings. The van der Waals surface area contributed by atoms with Crippen LogP contribution < -0.4 is 4.74 Å². The second-order valence-corrected chi connectivity index (χ2v) is 7.14. The normalized spacial score (nSPS) is 25.4. The van der Waals surface area contributed by atoms with E-state index in [4.69, 9.17) is 14.6 Å². The lowest BCUT2D eigenvalue weighted by Crippen LogP contribution is -2.48. The molecule has 0 aliphatic carbocycles. The van der Waals surface area contributed by atoms with E-state index in [-0.39, 0.29) is 6.61 Å².